The van der Waals surface area contributed by atoms with E-state index in [9.17, 15) is 0 Å². The number of nitrogens with zero attached hydrogens (tertiary/aromatic N) is 1. The molecular formula is C15H23NO. The smallest absolute Gasteiger partial charge is 0.136 e. The summed E-state index contributed by atoms with van der Waals surface area (Å²) in [7, 11) is 0. The molecule has 0 aliphatic heterocycles. The van der Waals surface area contributed by atoms with E-state index in [0.717, 1.165) is 17.0 Å². The molecule has 0 aliphatic carbocycles. The Labute approximate surface area is 105 Å². The van der Waals surface area contributed by atoms with Crippen molar-refractivity contribution < 1.29 is 4.52 Å². The molecule has 17 heavy (non-hydrogen) atoms. The van der Waals surface area contributed by atoms with Crippen LogP contribution in [0.15, 0.2) is 34.9 Å². The van der Waals surface area contributed by atoms with Crippen molar-refractivity contribution in [2.24, 2.45) is 0 Å². The van der Waals surface area contributed by atoms with Crippen molar-refractivity contribution in [3.63, 3.8) is 0 Å². The molecule has 2 nitrogen and oxygen atoms in total. The first-order valence-electron chi connectivity index (χ1n) is 6.02. The SMILES string of the molecule is CC.Cc1ccccc1.Cc1noc(C)c1C. The zero-order valence-electron chi connectivity index (χ0n) is 11.7. The normalized spacial score (nSPS) is 8.59. The largest absolute Gasteiger partial charge is 0.361 e. The number of hydrogen-bond acceptors (Lipinski definition) is 2. The van der Waals surface area contributed by atoms with Crippen LogP contribution in [0.4, 0.5) is 0 Å². The molecule has 0 atom stereocenters. The number of rotatable bonds is 0. The van der Waals surface area contributed by atoms with Gasteiger partial charge in [0.25, 0.3) is 0 Å². The van der Waals surface area contributed by atoms with Crippen molar-refractivity contribution in [1.29, 1.82) is 0 Å². The summed E-state index contributed by atoms with van der Waals surface area (Å²) in [5.74, 6) is 0.919. The van der Waals surface area contributed by atoms with Crippen molar-refractivity contribution in [1.82, 2.24) is 5.16 Å². The van der Waals surface area contributed by atoms with Gasteiger partial charge in [0.05, 0.1) is 5.69 Å². The molecule has 0 spiro atoms. The lowest BCUT2D eigenvalue weighted by molar-refractivity contribution is 0.392. The van der Waals surface area contributed by atoms with Gasteiger partial charge < -0.3 is 4.52 Å². The van der Waals surface area contributed by atoms with E-state index >= 15 is 0 Å². The third kappa shape index (κ3) is 5.91. The fourth-order valence-corrected chi connectivity index (χ4v) is 1.06. The van der Waals surface area contributed by atoms with Gasteiger partial charge in [-0.2, -0.15) is 0 Å². The van der Waals surface area contributed by atoms with Gasteiger partial charge in [-0.25, -0.2) is 0 Å². The van der Waals surface area contributed by atoms with E-state index in [2.05, 4.69) is 24.2 Å². The van der Waals surface area contributed by atoms with Crippen LogP contribution in [-0.2, 0) is 0 Å². The maximum absolute atomic E-state index is 4.84. The van der Waals surface area contributed by atoms with Crippen LogP contribution in [0, 0.1) is 27.7 Å². The van der Waals surface area contributed by atoms with E-state index in [1.54, 1.807) is 0 Å². The summed E-state index contributed by atoms with van der Waals surface area (Å²) in [5, 5.41) is 3.74. The Hall–Kier alpha value is -1.57. The lowest BCUT2D eigenvalue weighted by Gasteiger charge is -1.82. The quantitative estimate of drug-likeness (QED) is 0.663. The number of hydrogen-bond donors (Lipinski definition) is 0. The van der Waals surface area contributed by atoms with Gasteiger partial charge in [0.1, 0.15) is 5.76 Å². The highest BCUT2D eigenvalue weighted by Gasteiger charge is 1.99. The maximum Gasteiger partial charge on any atom is 0.136 e. The second-order valence-corrected chi connectivity index (χ2v) is 3.60. The van der Waals surface area contributed by atoms with Crippen molar-refractivity contribution in [2.75, 3.05) is 0 Å². The molecule has 2 aromatic rings. The van der Waals surface area contributed by atoms with Crippen molar-refractivity contribution in [2.45, 2.75) is 41.5 Å². The minimum atomic E-state index is 0.919. The van der Waals surface area contributed by atoms with Gasteiger partial charge in [0, 0.05) is 5.56 Å². The topological polar surface area (TPSA) is 26.0 Å². The number of aromatic nitrogens is 1. The molecule has 0 saturated heterocycles. The Bertz CT molecular complexity index is 385. The first-order valence-corrected chi connectivity index (χ1v) is 6.02. The van der Waals surface area contributed by atoms with Crippen LogP contribution in [0.2, 0.25) is 0 Å². The highest BCUT2D eigenvalue weighted by Crippen LogP contribution is 2.08. The summed E-state index contributed by atoms with van der Waals surface area (Å²) in [5.41, 5.74) is 3.47. The summed E-state index contributed by atoms with van der Waals surface area (Å²) < 4.78 is 4.84. The fourth-order valence-electron chi connectivity index (χ4n) is 1.06. The Morgan fingerprint density at radius 3 is 1.59 bits per heavy atom. The van der Waals surface area contributed by atoms with Gasteiger partial charge in [-0.15, -0.1) is 0 Å². The number of benzene rings is 1. The molecular weight excluding hydrogens is 210 g/mol. The Kier molecular flexibility index (Phi) is 7.78. The van der Waals surface area contributed by atoms with E-state index in [0.29, 0.717) is 0 Å². The van der Waals surface area contributed by atoms with Gasteiger partial charge in [-0.1, -0.05) is 54.9 Å². The van der Waals surface area contributed by atoms with E-state index in [1.807, 2.05) is 52.8 Å². The van der Waals surface area contributed by atoms with Crippen LogP contribution >= 0.6 is 0 Å². The molecule has 0 N–H and O–H groups in total. The van der Waals surface area contributed by atoms with E-state index in [1.165, 1.54) is 5.56 Å². The Balaban J connectivity index is 0.000000265. The molecule has 0 bridgehead atoms. The highest BCUT2D eigenvalue weighted by molar-refractivity contribution is 5.17. The predicted molar refractivity (Wildman–Crippen MR) is 73.2 cm³/mol. The summed E-state index contributed by atoms with van der Waals surface area (Å²) in [4.78, 5) is 0. The van der Waals surface area contributed by atoms with Crippen molar-refractivity contribution in [3.05, 3.63) is 52.9 Å². The zero-order valence-corrected chi connectivity index (χ0v) is 11.7. The van der Waals surface area contributed by atoms with Crippen molar-refractivity contribution >= 4 is 0 Å². The lowest BCUT2D eigenvalue weighted by Crippen LogP contribution is -1.73. The zero-order chi connectivity index (χ0) is 13.3. The van der Waals surface area contributed by atoms with E-state index in [4.69, 9.17) is 4.52 Å². The van der Waals surface area contributed by atoms with E-state index in [-0.39, 0.29) is 0 Å². The number of aryl methyl sites for hydroxylation is 3. The summed E-state index contributed by atoms with van der Waals surface area (Å²) in [6, 6.07) is 10.3. The minimum Gasteiger partial charge on any atom is -0.361 e. The van der Waals surface area contributed by atoms with Gasteiger partial charge in [-0.05, 0) is 27.7 Å². The monoisotopic (exact) mass is 233 g/mol. The van der Waals surface area contributed by atoms with Crippen LogP contribution in [-0.4, -0.2) is 5.16 Å². The molecule has 0 radical (unpaired) electrons. The molecule has 0 aliphatic rings. The summed E-state index contributed by atoms with van der Waals surface area (Å²) in [6.07, 6.45) is 0. The van der Waals surface area contributed by atoms with Gasteiger partial charge in [-0.3, -0.25) is 0 Å². The summed E-state index contributed by atoms with van der Waals surface area (Å²) in [6.45, 7) is 11.9. The average molecular weight is 233 g/mol. The molecule has 2 rings (SSSR count). The molecule has 0 amide bonds. The first-order chi connectivity index (χ1) is 8.11. The van der Waals surface area contributed by atoms with Gasteiger partial charge >= 0.3 is 0 Å². The molecule has 1 heterocycles. The maximum atomic E-state index is 4.84. The molecule has 2 heteroatoms. The van der Waals surface area contributed by atoms with Gasteiger partial charge in [0.2, 0.25) is 0 Å². The minimum absolute atomic E-state index is 0.919. The van der Waals surface area contributed by atoms with Crippen LogP contribution in [0.1, 0.15) is 36.4 Å². The van der Waals surface area contributed by atoms with Crippen LogP contribution < -0.4 is 0 Å². The van der Waals surface area contributed by atoms with Crippen LogP contribution in [0.5, 0.6) is 0 Å². The average Bonchev–Trinajstić information content (AvgIpc) is 2.65. The molecule has 94 valence electrons. The van der Waals surface area contributed by atoms with Crippen LogP contribution in [0.25, 0.3) is 0 Å². The lowest BCUT2D eigenvalue weighted by atomic mass is 10.2. The highest BCUT2D eigenvalue weighted by atomic mass is 16.5. The third-order valence-electron chi connectivity index (χ3n) is 2.33. The molecule has 1 aromatic heterocycles. The molecule has 0 unspecified atom stereocenters. The second-order valence-electron chi connectivity index (χ2n) is 3.60. The first kappa shape index (κ1) is 15.4. The second kappa shape index (κ2) is 8.57. The van der Waals surface area contributed by atoms with Crippen LogP contribution in [0.3, 0.4) is 0 Å². The van der Waals surface area contributed by atoms with Crippen molar-refractivity contribution in [3.8, 4) is 0 Å². The Morgan fingerprint density at radius 2 is 1.41 bits per heavy atom. The molecule has 0 saturated carbocycles. The van der Waals surface area contributed by atoms with E-state index < -0.39 is 0 Å². The Morgan fingerprint density at radius 1 is 0.882 bits per heavy atom. The molecule has 0 fully saturated rings. The fraction of sp³-hybridized carbons (Fsp3) is 0.400. The third-order valence-corrected chi connectivity index (χ3v) is 2.33. The van der Waals surface area contributed by atoms with Gasteiger partial charge in [0.15, 0.2) is 0 Å². The predicted octanol–water partition coefficient (Wildman–Crippen LogP) is 4.62. The summed E-state index contributed by atoms with van der Waals surface area (Å²) >= 11 is 0. The molecule has 1 aromatic carbocycles. The standard InChI is InChI=1S/C7H8.C6H9NO.C2H6/c1-7-5-3-2-4-6-7;1-4-5(2)7-8-6(4)3;1-2/h2-6H,1H3;1-3H3;1-2H3.